The summed E-state index contributed by atoms with van der Waals surface area (Å²) in [7, 11) is 0. The second-order valence-corrected chi connectivity index (χ2v) is 7.33. The molecule has 3 unspecified atom stereocenters. The molecule has 0 radical (unpaired) electrons. The molecule has 0 aromatic heterocycles. The SMILES string of the molecule is CCCC1(C(=O)O)CCCN(C2CCSC2C)C1. The maximum atomic E-state index is 11.7. The van der Waals surface area contributed by atoms with Crippen molar-refractivity contribution in [1.82, 2.24) is 4.90 Å². The minimum Gasteiger partial charge on any atom is -0.481 e. The molecule has 0 aromatic carbocycles. The first kappa shape index (κ1) is 14.2. The highest BCUT2D eigenvalue weighted by atomic mass is 32.2. The van der Waals surface area contributed by atoms with Gasteiger partial charge in [0.1, 0.15) is 0 Å². The fourth-order valence-electron chi connectivity index (χ4n) is 3.61. The molecule has 2 aliphatic heterocycles. The number of aliphatic carboxylic acids is 1. The Bertz CT molecular complexity index is 306. The lowest BCUT2D eigenvalue weighted by Crippen LogP contribution is -2.52. The van der Waals surface area contributed by atoms with Crippen molar-refractivity contribution in [3.05, 3.63) is 0 Å². The van der Waals surface area contributed by atoms with Crippen LogP contribution in [0.25, 0.3) is 0 Å². The Kier molecular flexibility index (Phi) is 4.59. The zero-order valence-corrected chi connectivity index (χ0v) is 12.3. The molecular formula is C14H25NO2S. The molecule has 4 heteroatoms. The van der Waals surface area contributed by atoms with E-state index in [1.165, 1.54) is 12.2 Å². The van der Waals surface area contributed by atoms with Gasteiger partial charge in [-0.05, 0) is 38.0 Å². The Morgan fingerprint density at radius 3 is 2.89 bits per heavy atom. The minimum absolute atomic E-state index is 0.472. The molecule has 0 bridgehead atoms. The summed E-state index contributed by atoms with van der Waals surface area (Å²) in [6, 6.07) is 0.603. The second-order valence-electron chi connectivity index (χ2n) is 5.84. The molecule has 0 amide bonds. The summed E-state index contributed by atoms with van der Waals surface area (Å²) in [5.74, 6) is 0.656. The fourth-order valence-corrected chi connectivity index (χ4v) is 4.89. The Hall–Kier alpha value is -0.220. The van der Waals surface area contributed by atoms with Gasteiger partial charge in [-0.25, -0.2) is 0 Å². The molecule has 2 fully saturated rings. The number of hydrogen-bond donors (Lipinski definition) is 1. The Morgan fingerprint density at radius 1 is 1.56 bits per heavy atom. The summed E-state index contributed by atoms with van der Waals surface area (Å²) in [5.41, 5.74) is -0.472. The van der Waals surface area contributed by atoms with Crippen LogP contribution in [0.4, 0.5) is 0 Å². The summed E-state index contributed by atoms with van der Waals surface area (Å²) in [6.07, 6.45) is 4.93. The van der Waals surface area contributed by atoms with Gasteiger partial charge in [-0.15, -0.1) is 0 Å². The van der Waals surface area contributed by atoms with E-state index in [0.29, 0.717) is 11.3 Å². The van der Waals surface area contributed by atoms with E-state index in [1.54, 1.807) is 0 Å². The highest BCUT2D eigenvalue weighted by Crippen LogP contribution is 2.39. The first-order valence-corrected chi connectivity index (χ1v) is 8.23. The molecule has 1 N–H and O–H groups in total. The quantitative estimate of drug-likeness (QED) is 0.853. The van der Waals surface area contributed by atoms with Crippen LogP contribution in [0, 0.1) is 5.41 Å². The van der Waals surface area contributed by atoms with Gasteiger partial charge in [0.25, 0.3) is 0 Å². The molecule has 2 heterocycles. The first-order chi connectivity index (χ1) is 8.59. The van der Waals surface area contributed by atoms with Gasteiger partial charge >= 0.3 is 5.97 Å². The van der Waals surface area contributed by atoms with Crippen molar-refractivity contribution < 1.29 is 9.90 Å². The van der Waals surface area contributed by atoms with Gasteiger partial charge in [-0.2, -0.15) is 11.8 Å². The van der Waals surface area contributed by atoms with Gasteiger partial charge < -0.3 is 5.11 Å². The smallest absolute Gasteiger partial charge is 0.310 e. The molecule has 0 aromatic rings. The standard InChI is InChI=1S/C14H25NO2S/c1-3-6-14(13(16)17)7-4-8-15(10-14)12-5-9-18-11(12)2/h11-12H,3-10H2,1-2H3,(H,16,17). The zero-order chi connectivity index (χ0) is 13.2. The third-order valence-electron chi connectivity index (χ3n) is 4.59. The van der Waals surface area contributed by atoms with Crippen LogP contribution in [0.3, 0.4) is 0 Å². The van der Waals surface area contributed by atoms with Gasteiger partial charge in [0.15, 0.2) is 0 Å². The summed E-state index contributed by atoms with van der Waals surface area (Å²) in [4.78, 5) is 14.1. The van der Waals surface area contributed by atoms with Crippen LogP contribution >= 0.6 is 11.8 Å². The van der Waals surface area contributed by atoms with Crippen molar-refractivity contribution in [3.63, 3.8) is 0 Å². The van der Waals surface area contributed by atoms with Gasteiger partial charge in [0, 0.05) is 17.8 Å². The number of hydrogen-bond acceptors (Lipinski definition) is 3. The van der Waals surface area contributed by atoms with Gasteiger partial charge in [-0.3, -0.25) is 9.69 Å². The zero-order valence-electron chi connectivity index (χ0n) is 11.5. The van der Waals surface area contributed by atoms with E-state index >= 15 is 0 Å². The number of carboxylic acid groups (broad SMARTS) is 1. The van der Waals surface area contributed by atoms with Crippen LogP contribution in [0.5, 0.6) is 0 Å². The normalized spacial score (nSPS) is 37.9. The van der Waals surface area contributed by atoms with Crippen molar-refractivity contribution >= 4 is 17.7 Å². The van der Waals surface area contributed by atoms with Crippen LogP contribution in [-0.4, -0.2) is 46.1 Å². The lowest BCUT2D eigenvalue weighted by molar-refractivity contribution is -0.154. The highest BCUT2D eigenvalue weighted by Gasteiger charge is 2.44. The van der Waals surface area contributed by atoms with Crippen LogP contribution in [-0.2, 0) is 4.79 Å². The molecule has 18 heavy (non-hydrogen) atoms. The average Bonchev–Trinajstić information content (AvgIpc) is 2.76. The van der Waals surface area contributed by atoms with E-state index in [0.717, 1.165) is 38.8 Å². The number of nitrogens with zero attached hydrogens (tertiary/aromatic N) is 1. The molecule has 2 rings (SSSR count). The van der Waals surface area contributed by atoms with Crippen LogP contribution in [0.1, 0.15) is 46.0 Å². The van der Waals surface area contributed by atoms with Gasteiger partial charge in [0.2, 0.25) is 0 Å². The third kappa shape index (κ3) is 2.69. The third-order valence-corrected chi connectivity index (χ3v) is 5.91. The molecule has 0 aliphatic carbocycles. The van der Waals surface area contributed by atoms with Crippen LogP contribution in [0.2, 0.25) is 0 Å². The van der Waals surface area contributed by atoms with E-state index in [9.17, 15) is 9.90 Å². The Labute approximate surface area is 114 Å². The number of piperidine rings is 1. The molecule has 2 aliphatic rings. The fraction of sp³-hybridized carbons (Fsp3) is 0.929. The van der Waals surface area contributed by atoms with Crippen LogP contribution in [0.15, 0.2) is 0 Å². The predicted octanol–water partition coefficient (Wildman–Crippen LogP) is 2.85. The van der Waals surface area contributed by atoms with Crippen molar-refractivity contribution in [1.29, 1.82) is 0 Å². The van der Waals surface area contributed by atoms with Crippen LogP contribution < -0.4 is 0 Å². The summed E-state index contributed by atoms with van der Waals surface area (Å²) < 4.78 is 0. The Morgan fingerprint density at radius 2 is 2.33 bits per heavy atom. The number of thioether (sulfide) groups is 1. The summed E-state index contributed by atoms with van der Waals surface area (Å²) in [5, 5.41) is 10.3. The van der Waals surface area contributed by atoms with E-state index in [4.69, 9.17) is 0 Å². The minimum atomic E-state index is -0.577. The second kappa shape index (κ2) is 5.83. The average molecular weight is 271 g/mol. The molecule has 104 valence electrons. The molecule has 2 saturated heterocycles. The van der Waals surface area contributed by atoms with Crippen molar-refractivity contribution in [2.75, 3.05) is 18.8 Å². The lowest BCUT2D eigenvalue weighted by atomic mass is 9.76. The number of carboxylic acids is 1. The molecule has 3 atom stereocenters. The van der Waals surface area contributed by atoms with Crippen molar-refractivity contribution in [3.8, 4) is 0 Å². The van der Waals surface area contributed by atoms with E-state index in [2.05, 4.69) is 18.7 Å². The lowest BCUT2D eigenvalue weighted by Gasteiger charge is -2.43. The van der Waals surface area contributed by atoms with E-state index < -0.39 is 11.4 Å². The number of rotatable bonds is 4. The van der Waals surface area contributed by atoms with E-state index in [1.807, 2.05) is 11.8 Å². The predicted molar refractivity (Wildman–Crippen MR) is 76.1 cm³/mol. The number of likely N-dealkylation sites (tertiary alicyclic amines) is 1. The maximum Gasteiger partial charge on any atom is 0.310 e. The molecular weight excluding hydrogens is 246 g/mol. The molecule has 0 spiro atoms. The first-order valence-electron chi connectivity index (χ1n) is 7.18. The van der Waals surface area contributed by atoms with Gasteiger partial charge in [-0.1, -0.05) is 20.3 Å². The highest BCUT2D eigenvalue weighted by molar-refractivity contribution is 8.00. The van der Waals surface area contributed by atoms with Gasteiger partial charge in [0.05, 0.1) is 5.41 Å². The maximum absolute atomic E-state index is 11.7. The molecule has 3 nitrogen and oxygen atoms in total. The number of carbonyl (C=O) groups is 1. The topological polar surface area (TPSA) is 40.5 Å². The van der Waals surface area contributed by atoms with Crippen molar-refractivity contribution in [2.45, 2.75) is 57.2 Å². The summed E-state index contributed by atoms with van der Waals surface area (Å²) >= 11 is 2.03. The summed E-state index contributed by atoms with van der Waals surface area (Å²) in [6.45, 7) is 6.25. The monoisotopic (exact) mass is 271 g/mol. The van der Waals surface area contributed by atoms with E-state index in [-0.39, 0.29) is 0 Å². The van der Waals surface area contributed by atoms with Crippen molar-refractivity contribution in [2.24, 2.45) is 5.41 Å². The molecule has 0 saturated carbocycles. The Balaban J connectivity index is 2.08. The largest absolute Gasteiger partial charge is 0.481 e.